The third-order valence-electron chi connectivity index (χ3n) is 5.54. The Morgan fingerprint density at radius 3 is 2.53 bits per heavy atom. The van der Waals surface area contributed by atoms with Gasteiger partial charge in [-0.15, -0.1) is 0 Å². The Kier molecular flexibility index (Phi) is 5.12. The van der Waals surface area contributed by atoms with Crippen molar-refractivity contribution in [1.29, 1.82) is 0 Å². The lowest BCUT2D eigenvalue weighted by molar-refractivity contribution is 0.102. The van der Waals surface area contributed by atoms with Gasteiger partial charge in [0.15, 0.2) is 0 Å². The van der Waals surface area contributed by atoms with Gasteiger partial charge in [0.25, 0.3) is 5.91 Å². The zero-order valence-electron chi connectivity index (χ0n) is 18.1. The first-order valence-electron chi connectivity index (χ1n) is 10.1. The molecule has 0 bridgehead atoms. The number of hydrogen-bond acceptors (Lipinski definition) is 3. The fraction of sp³-hybridized carbons (Fsp3) is 0.240. The first-order chi connectivity index (χ1) is 14.3. The van der Waals surface area contributed by atoms with Crippen molar-refractivity contribution < 1.29 is 4.79 Å². The van der Waals surface area contributed by atoms with E-state index in [-0.39, 0.29) is 5.91 Å². The molecule has 2 aromatic heterocycles. The lowest BCUT2D eigenvalue weighted by Gasteiger charge is -2.11. The van der Waals surface area contributed by atoms with Crippen LogP contribution in [0.1, 0.15) is 44.1 Å². The minimum atomic E-state index is -0.141. The van der Waals surface area contributed by atoms with Crippen molar-refractivity contribution >= 4 is 22.5 Å². The summed E-state index contributed by atoms with van der Waals surface area (Å²) in [5.41, 5.74) is 8.33. The molecule has 152 valence electrons. The molecule has 0 atom stereocenters. The van der Waals surface area contributed by atoms with Crippen LogP contribution in [0.4, 0.5) is 5.69 Å². The molecule has 0 saturated carbocycles. The van der Waals surface area contributed by atoms with E-state index in [1.54, 1.807) is 0 Å². The summed E-state index contributed by atoms with van der Waals surface area (Å²) >= 11 is 0. The Morgan fingerprint density at radius 1 is 1.00 bits per heavy atom. The molecule has 0 aliphatic rings. The Balaban J connectivity index is 1.68. The second kappa shape index (κ2) is 7.75. The molecular formula is C25H26N4O. The number of hydrogen-bond donors (Lipinski definition) is 1. The number of carbonyl (C=O) groups excluding carboxylic acids is 1. The fourth-order valence-corrected chi connectivity index (χ4v) is 3.82. The van der Waals surface area contributed by atoms with Crippen LogP contribution in [0.2, 0.25) is 0 Å². The van der Waals surface area contributed by atoms with Gasteiger partial charge in [-0.2, -0.15) is 5.10 Å². The molecule has 5 heteroatoms. The average Bonchev–Trinajstić information content (AvgIpc) is 2.96. The number of fused-ring (bicyclic) bond motifs is 1. The minimum absolute atomic E-state index is 0.141. The van der Waals surface area contributed by atoms with E-state index in [4.69, 9.17) is 0 Å². The fourth-order valence-electron chi connectivity index (χ4n) is 3.82. The molecule has 4 aromatic rings. The molecule has 1 N–H and O–H groups in total. The molecule has 1 amide bonds. The summed E-state index contributed by atoms with van der Waals surface area (Å²) in [6.45, 7) is 10.6. The predicted molar refractivity (Wildman–Crippen MR) is 121 cm³/mol. The molecule has 4 rings (SSSR count). The number of rotatable bonds is 4. The molecule has 0 saturated heterocycles. The van der Waals surface area contributed by atoms with Crippen molar-refractivity contribution in [3.63, 3.8) is 0 Å². The molecule has 5 nitrogen and oxygen atoms in total. The summed E-state index contributed by atoms with van der Waals surface area (Å²) in [4.78, 5) is 17.8. The first kappa shape index (κ1) is 19.8. The van der Waals surface area contributed by atoms with Gasteiger partial charge in [0.2, 0.25) is 0 Å². The lowest BCUT2D eigenvalue weighted by Crippen LogP contribution is -2.14. The molecule has 0 aliphatic heterocycles. The van der Waals surface area contributed by atoms with Gasteiger partial charge >= 0.3 is 0 Å². The summed E-state index contributed by atoms with van der Waals surface area (Å²) < 4.78 is 1.95. The Morgan fingerprint density at radius 2 is 1.77 bits per heavy atom. The number of pyridine rings is 1. The van der Waals surface area contributed by atoms with E-state index >= 15 is 0 Å². The summed E-state index contributed by atoms with van der Waals surface area (Å²) in [5, 5.41) is 8.64. The maximum atomic E-state index is 13.2. The van der Waals surface area contributed by atoms with Crippen LogP contribution in [0.3, 0.4) is 0 Å². The highest BCUT2D eigenvalue weighted by atomic mass is 16.1. The highest BCUT2D eigenvalue weighted by Gasteiger charge is 2.18. The summed E-state index contributed by atoms with van der Waals surface area (Å²) in [6.07, 6.45) is 0. The van der Waals surface area contributed by atoms with Crippen LogP contribution >= 0.6 is 0 Å². The maximum Gasteiger partial charge on any atom is 0.256 e. The SMILES string of the molecule is Cc1ccc2nc(C)cc(C(=O)Nc3c(C)nn(Cc4ccccc4C)c3C)c2c1. The predicted octanol–water partition coefficient (Wildman–Crippen LogP) is 5.27. The second-order valence-electron chi connectivity index (χ2n) is 7.92. The monoisotopic (exact) mass is 398 g/mol. The Labute approximate surface area is 176 Å². The number of nitrogens with one attached hydrogen (secondary N) is 1. The highest BCUT2D eigenvalue weighted by Crippen LogP contribution is 2.25. The Bertz CT molecular complexity index is 1270. The number of aryl methyl sites for hydroxylation is 4. The third-order valence-corrected chi connectivity index (χ3v) is 5.54. The van der Waals surface area contributed by atoms with Crippen molar-refractivity contribution in [2.75, 3.05) is 5.32 Å². The number of aromatic nitrogens is 3. The standard InChI is InChI=1S/C25H26N4O/c1-15-10-11-23-21(12-15)22(13-17(3)26-23)25(30)27-24-18(4)28-29(19(24)5)14-20-9-7-6-8-16(20)2/h6-13H,14H2,1-5H3,(H,27,30). The first-order valence-corrected chi connectivity index (χ1v) is 10.1. The zero-order chi connectivity index (χ0) is 21.4. The molecule has 0 radical (unpaired) electrons. The average molecular weight is 399 g/mol. The number of anilines is 1. The van der Waals surface area contributed by atoms with E-state index in [1.165, 1.54) is 11.1 Å². The molecular weight excluding hydrogens is 372 g/mol. The quantitative estimate of drug-likeness (QED) is 0.509. The van der Waals surface area contributed by atoms with Crippen LogP contribution in [-0.2, 0) is 6.54 Å². The van der Waals surface area contributed by atoms with Crippen molar-refractivity contribution in [3.8, 4) is 0 Å². The van der Waals surface area contributed by atoms with Crippen LogP contribution in [0.15, 0.2) is 48.5 Å². The van der Waals surface area contributed by atoms with E-state index < -0.39 is 0 Å². The van der Waals surface area contributed by atoms with Crippen molar-refractivity contribution in [2.45, 2.75) is 41.2 Å². The molecule has 2 heterocycles. The van der Waals surface area contributed by atoms with E-state index in [1.807, 2.05) is 68.8 Å². The summed E-state index contributed by atoms with van der Waals surface area (Å²) in [6, 6.07) is 16.1. The third kappa shape index (κ3) is 3.71. The van der Waals surface area contributed by atoms with Crippen LogP contribution < -0.4 is 5.32 Å². The number of amides is 1. The summed E-state index contributed by atoms with van der Waals surface area (Å²) in [7, 11) is 0. The second-order valence-corrected chi connectivity index (χ2v) is 7.92. The van der Waals surface area contributed by atoms with Gasteiger partial charge in [-0.1, -0.05) is 35.9 Å². The largest absolute Gasteiger partial charge is 0.319 e. The summed E-state index contributed by atoms with van der Waals surface area (Å²) in [5.74, 6) is -0.141. The van der Waals surface area contributed by atoms with Gasteiger partial charge in [0.05, 0.1) is 34.7 Å². The van der Waals surface area contributed by atoms with Crippen molar-refractivity contribution in [3.05, 3.63) is 87.9 Å². The van der Waals surface area contributed by atoms with Gasteiger partial charge in [0, 0.05) is 11.1 Å². The number of benzene rings is 2. The normalized spacial score (nSPS) is 11.1. The smallest absolute Gasteiger partial charge is 0.256 e. The molecule has 0 aliphatic carbocycles. The molecule has 30 heavy (non-hydrogen) atoms. The van der Waals surface area contributed by atoms with E-state index in [2.05, 4.69) is 34.5 Å². The van der Waals surface area contributed by atoms with Crippen LogP contribution in [-0.4, -0.2) is 20.7 Å². The van der Waals surface area contributed by atoms with Crippen LogP contribution in [0.5, 0.6) is 0 Å². The zero-order valence-corrected chi connectivity index (χ0v) is 18.1. The molecule has 0 unspecified atom stereocenters. The van der Waals surface area contributed by atoms with Crippen LogP contribution in [0, 0.1) is 34.6 Å². The minimum Gasteiger partial charge on any atom is -0.319 e. The highest BCUT2D eigenvalue weighted by molar-refractivity contribution is 6.12. The van der Waals surface area contributed by atoms with E-state index in [9.17, 15) is 4.79 Å². The maximum absolute atomic E-state index is 13.2. The lowest BCUT2D eigenvalue weighted by atomic mass is 10.0. The number of nitrogens with zero attached hydrogens (tertiary/aromatic N) is 3. The van der Waals surface area contributed by atoms with Gasteiger partial charge in [-0.05, 0) is 63.9 Å². The van der Waals surface area contributed by atoms with E-state index in [0.717, 1.165) is 39.2 Å². The topological polar surface area (TPSA) is 59.8 Å². The van der Waals surface area contributed by atoms with E-state index in [0.29, 0.717) is 12.1 Å². The van der Waals surface area contributed by atoms with Crippen LogP contribution in [0.25, 0.3) is 10.9 Å². The van der Waals surface area contributed by atoms with Gasteiger partial charge in [-0.3, -0.25) is 14.5 Å². The Hall–Kier alpha value is -3.47. The number of carbonyl (C=O) groups is 1. The van der Waals surface area contributed by atoms with Gasteiger partial charge < -0.3 is 5.32 Å². The van der Waals surface area contributed by atoms with Gasteiger partial charge in [-0.25, -0.2) is 0 Å². The van der Waals surface area contributed by atoms with Crippen molar-refractivity contribution in [1.82, 2.24) is 14.8 Å². The molecule has 0 spiro atoms. The molecule has 2 aromatic carbocycles. The van der Waals surface area contributed by atoms with Gasteiger partial charge in [0.1, 0.15) is 0 Å². The molecule has 0 fully saturated rings. The van der Waals surface area contributed by atoms with Crippen molar-refractivity contribution in [2.24, 2.45) is 0 Å².